The molecule has 0 aliphatic carbocycles. The van der Waals surface area contributed by atoms with Crippen LogP contribution in [0, 0.1) is 11.3 Å². The van der Waals surface area contributed by atoms with Gasteiger partial charge in [0.25, 0.3) is 5.91 Å². The van der Waals surface area contributed by atoms with E-state index in [0.717, 1.165) is 5.56 Å². The third-order valence-electron chi connectivity index (χ3n) is 2.65. The van der Waals surface area contributed by atoms with E-state index in [-0.39, 0.29) is 12.3 Å². The van der Waals surface area contributed by atoms with Gasteiger partial charge in [0.2, 0.25) is 0 Å². The van der Waals surface area contributed by atoms with Gasteiger partial charge in [0.05, 0.1) is 23.2 Å². The average Bonchev–Trinajstić information content (AvgIpc) is 2.43. The fraction of sp³-hybridized carbons (Fsp3) is 0.0667. The summed E-state index contributed by atoms with van der Waals surface area (Å²) in [5.74, 6) is -0.297. The second-order valence-corrected chi connectivity index (χ2v) is 4.96. The Morgan fingerprint density at radius 2 is 2.00 bits per heavy atom. The first kappa shape index (κ1) is 14.4. The smallest absolute Gasteiger partial charge is 0.255 e. The molecule has 2 aromatic carbocycles. The van der Waals surface area contributed by atoms with Gasteiger partial charge in [-0.25, -0.2) is 0 Å². The van der Waals surface area contributed by atoms with Gasteiger partial charge in [0.15, 0.2) is 0 Å². The highest BCUT2D eigenvalue weighted by Crippen LogP contribution is 2.25. The van der Waals surface area contributed by atoms with Gasteiger partial charge in [-0.2, -0.15) is 5.26 Å². The number of nitriles is 1. The molecule has 2 aromatic rings. The van der Waals surface area contributed by atoms with Gasteiger partial charge in [-0.1, -0.05) is 35.3 Å². The van der Waals surface area contributed by atoms with Crippen molar-refractivity contribution in [3.8, 4) is 6.07 Å². The molecule has 0 unspecified atom stereocenters. The summed E-state index contributed by atoms with van der Waals surface area (Å²) in [5, 5.41) is 12.3. The molecule has 0 radical (unpaired) electrons. The van der Waals surface area contributed by atoms with Gasteiger partial charge in [0.1, 0.15) is 0 Å². The van der Waals surface area contributed by atoms with E-state index in [2.05, 4.69) is 5.32 Å². The van der Waals surface area contributed by atoms with E-state index in [1.54, 1.807) is 42.5 Å². The second-order valence-electron chi connectivity index (χ2n) is 4.11. The molecule has 1 amide bonds. The van der Waals surface area contributed by atoms with Gasteiger partial charge in [-0.15, -0.1) is 0 Å². The normalized spacial score (nSPS) is 9.85. The van der Waals surface area contributed by atoms with Crippen LogP contribution in [0.3, 0.4) is 0 Å². The highest BCUT2D eigenvalue weighted by Gasteiger charge is 2.09. The monoisotopic (exact) mass is 304 g/mol. The lowest BCUT2D eigenvalue weighted by atomic mass is 10.1. The Kier molecular flexibility index (Phi) is 4.62. The Morgan fingerprint density at radius 3 is 2.75 bits per heavy atom. The molecule has 0 bridgehead atoms. The number of carbonyl (C=O) groups is 1. The van der Waals surface area contributed by atoms with Crippen LogP contribution in [-0.4, -0.2) is 5.91 Å². The molecule has 20 heavy (non-hydrogen) atoms. The Bertz CT molecular complexity index is 693. The molecule has 0 atom stereocenters. The average molecular weight is 305 g/mol. The van der Waals surface area contributed by atoms with Crippen molar-refractivity contribution in [2.75, 3.05) is 5.32 Å². The zero-order chi connectivity index (χ0) is 14.5. The highest BCUT2D eigenvalue weighted by atomic mass is 35.5. The van der Waals surface area contributed by atoms with Crippen molar-refractivity contribution in [1.82, 2.24) is 0 Å². The zero-order valence-corrected chi connectivity index (χ0v) is 11.9. The standard InChI is InChI=1S/C15H10Cl2N2O/c16-12-4-5-13(17)14(9-12)19-15(20)11-3-1-2-10(8-11)6-7-18/h1-5,8-9H,6H2,(H,19,20). The number of anilines is 1. The molecule has 0 fully saturated rings. The highest BCUT2D eigenvalue weighted by molar-refractivity contribution is 6.35. The molecular formula is C15H10Cl2N2O. The molecule has 1 N–H and O–H groups in total. The Hall–Kier alpha value is -2.02. The van der Waals surface area contributed by atoms with Crippen LogP contribution in [0.1, 0.15) is 15.9 Å². The van der Waals surface area contributed by atoms with Gasteiger partial charge in [0, 0.05) is 10.6 Å². The molecule has 3 nitrogen and oxygen atoms in total. The first-order chi connectivity index (χ1) is 9.60. The van der Waals surface area contributed by atoms with E-state index in [1.807, 2.05) is 6.07 Å². The molecule has 100 valence electrons. The molecule has 0 saturated heterocycles. The van der Waals surface area contributed by atoms with Crippen LogP contribution < -0.4 is 5.32 Å². The van der Waals surface area contributed by atoms with Crippen molar-refractivity contribution < 1.29 is 4.79 Å². The lowest BCUT2D eigenvalue weighted by Crippen LogP contribution is -2.12. The van der Waals surface area contributed by atoms with Crippen molar-refractivity contribution in [3.05, 3.63) is 63.6 Å². The number of carbonyl (C=O) groups excluding carboxylic acids is 1. The first-order valence-corrected chi connectivity index (χ1v) is 6.58. The fourth-order valence-electron chi connectivity index (χ4n) is 1.70. The molecule has 0 aromatic heterocycles. The largest absolute Gasteiger partial charge is 0.321 e. The minimum absolute atomic E-state index is 0.263. The Morgan fingerprint density at radius 1 is 1.20 bits per heavy atom. The van der Waals surface area contributed by atoms with Crippen LogP contribution in [0.2, 0.25) is 10.0 Å². The molecule has 0 spiro atoms. The predicted octanol–water partition coefficient (Wildman–Crippen LogP) is 4.31. The summed E-state index contributed by atoms with van der Waals surface area (Å²) >= 11 is 11.9. The molecule has 2 rings (SSSR count). The molecule has 0 aliphatic rings. The summed E-state index contributed by atoms with van der Waals surface area (Å²) < 4.78 is 0. The molecule has 5 heteroatoms. The van der Waals surface area contributed by atoms with Crippen LogP contribution >= 0.6 is 23.2 Å². The SMILES string of the molecule is N#CCc1cccc(C(=O)Nc2cc(Cl)ccc2Cl)c1. The molecule has 0 heterocycles. The van der Waals surface area contributed by atoms with Crippen LogP contribution in [0.5, 0.6) is 0 Å². The number of hydrogen-bond acceptors (Lipinski definition) is 2. The number of amides is 1. The Labute approximate surface area is 126 Å². The third kappa shape index (κ3) is 3.51. The van der Waals surface area contributed by atoms with Crippen molar-refractivity contribution in [2.45, 2.75) is 6.42 Å². The summed E-state index contributed by atoms with van der Waals surface area (Å²) in [6.07, 6.45) is 0.263. The van der Waals surface area contributed by atoms with Crippen molar-refractivity contribution in [1.29, 1.82) is 5.26 Å². The second kappa shape index (κ2) is 6.42. The van der Waals surface area contributed by atoms with Crippen LogP contribution in [0.15, 0.2) is 42.5 Å². The number of nitrogens with one attached hydrogen (secondary N) is 1. The molecule has 0 aliphatic heterocycles. The van der Waals surface area contributed by atoms with E-state index in [4.69, 9.17) is 28.5 Å². The number of nitrogens with zero attached hydrogens (tertiary/aromatic N) is 1. The quantitative estimate of drug-likeness (QED) is 0.918. The van der Waals surface area contributed by atoms with Crippen LogP contribution in [-0.2, 0) is 6.42 Å². The zero-order valence-electron chi connectivity index (χ0n) is 10.4. The van der Waals surface area contributed by atoms with Crippen molar-refractivity contribution >= 4 is 34.8 Å². The molecule has 0 saturated carbocycles. The van der Waals surface area contributed by atoms with Crippen LogP contribution in [0.25, 0.3) is 0 Å². The summed E-state index contributed by atoms with van der Waals surface area (Å²) in [5.41, 5.74) is 1.71. The van der Waals surface area contributed by atoms with Gasteiger partial charge in [-0.05, 0) is 35.9 Å². The Balaban J connectivity index is 2.22. The van der Waals surface area contributed by atoms with E-state index in [0.29, 0.717) is 21.3 Å². The minimum atomic E-state index is -0.297. The number of hydrogen-bond donors (Lipinski definition) is 1. The van der Waals surface area contributed by atoms with Gasteiger partial charge in [-0.3, -0.25) is 4.79 Å². The summed E-state index contributed by atoms with van der Waals surface area (Å²) in [6, 6.07) is 13.8. The number of rotatable bonds is 3. The minimum Gasteiger partial charge on any atom is -0.321 e. The van der Waals surface area contributed by atoms with E-state index in [9.17, 15) is 4.79 Å². The summed E-state index contributed by atoms with van der Waals surface area (Å²) in [7, 11) is 0. The van der Waals surface area contributed by atoms with Crippen molar-refractivity contribution in [3.63, 3.8) is 0 Å². The van der Waals surface area contributed by atoms with Gasteiger partial charge < -0.3 is 5.32 Å². The van der Waals surface area contributed by atoms with E-state index >= 15 is 0 Å². The topological polar surface area (TPSA) is 52.9 Å². The summed E-state index contributed by atoms with van der Waals surface area (Å²) in [6.45, 7) is 0. The number of benzene rings is 2. The summed E-state index contributed by atoms with van der Waals surface area (Å²) in [4.78, 5) is 12.1. The van der Waals surface area contributed by atoms with Gasteiger partial charge >= 0.3 is 0 Å². The first-order valence-electron chi connectivity index (χ1n) is 5.82. The van der Waals surface area contributed by atoms with Crippen LogP contribution in [0.4, 0.5) is 5.69 Å². The number of halogens is 2. The maximum Gasteiger partial charge on any atom is 0.255 e. The fourth-order valence-corrected chi connectivity index (χ4v) is 2.04. The van der Waals surface area contributed by atoms with E-state index < -0.39 is 0 Å². The van der Waals surface area contributed by atoms with Crippen molar-refractivity contribution in [2.24, 2.45) is 0 Å². The lowest BCUT2D eigenvalue weighted by molar-refractivity contribution is 0.102. The third-order valence-corrected chi connectivity index (χ3v) is 3.21. The maximum atomic E-state index is 12.1. The van der Waals surface area contributed by atoms with E-state index in [1.165, 1.54) is 0 Å². The lowest BCUT2D eigenvalue weighted by Gasteiger charge is -2.08. The molecular weight excluding hydrogens is 295 g/mol. The predicted molar refractivity (Wildman–Crippen MR) is 80.2 cm³/mol. The maximum absolute atomic E-state index is 12.1.